The number of likely N-dealkylation sites (tertiary alicyclic amines) is 1. The minimum absolute atomic E-state index is 0.165. The van der Waals surface area contributed by atoms with Gasteiger partial charge in [0.25, 0.3) is 0 Å². The molecule has 1 aliphatic heterocycles. The van der Waals surface area contributed by atoms with Gasteiger partial charge in [0.15, 0.2) is 0 Å². The van der Waals surface area contributed by atoms with Crippen LogP contribution >= 0.6 is 0 Å². The summed E-state index contributed by atoms with van der Waals surface area (Å²) in [6, 6.07) is 12.9. The Balaban J connectivity index is 1.63. The lowest BCUT2D eigenvalue weighted by Gasteiger charge is -2.26. The van der Waals surface area contributed by atoms with Gasteiger partial charge >= 0.3 is 11.7 Å². The van der Waals surface area contributed by atoms with Crippen LogP contribution in [0.4, 0.5) is 10.5 Å². The maximum absolute atomic E-state index is 12.3. The molecule has 3 aromatic rings. The molecule has 0 spiro atoms. The molecular formula is C25H28N2O6. The van der Waals surface area contributed by atoms with E-state index in [9.17, 15) is 9.59 Å². The third kappa shape index (κ3) is 4.96. The molecule has 8 heteroatoms. The summed E-state index contributed by atoms with van der Waals surface area (Å²) in [7, 11) is 3.30. The minimum Gasteiger partial charge on any atom is -0.497 e. The second-order valence-corrected chi connectivity index (χ2v) is 7.88. The number of methoxy groups -OCH3 is 2. The molecule has 4 rings (SSSR count). The van der Waals surface area contributed by atoms with Crippen LogP contribution in [0.1, 0.15) is 36.9 Å². The van der Waals surface area contributed by atoms with Crippen molar-refractivity contribution in [2.75, 3.05) is 32.7 Å². The van der Waals surface area contributed by atoms with Gasteiger partial charge in [-0.3, -0.25) is 10.2 Å². The van der Waals surface area contributed by atoms with Crippen LogP contribution in [0, 0.1) is 0 Å². The van der Waals surface area contributed by atoms with Gasteiger partial charge in [0, 0.05) is 47.4 Å². The van der Waals surface area contributed by atoms with Crippen molar-refractivity contribution in [3.05, 3.63) is 64.0 Å². The molecule has 1 amide bonds. The first kappa shape index (κ1) is 22.7. The molecule has 1 fully saturated rings. The van der Waals surface area contributed by atoms with Crippen molar-refractivity contribution in [2.24, 2.45) is 0 Å². The maximum atomic E-state index is 12.3. The van der Waals surface area contributed by atoms with Crippen LogP contribution in [-0.4, -0.2) is 38.4 Å². The second-order valence-electron chi connectivity index (χ2n) is 7.88. The molecule has 0 bridgehead atoms. The van der Waals surface area contributed by atoms with Crippen LogP contribution in [-0.2, 0) is 11.3 Å². The Morgan fingerprint density at radius 1 is 1.15 bits per heavy atom. The monoisotopic (exact) mass is 452 g/mol. The highest BCUT2D eigenvalue weighted by atomic mass is 16.5. The topological polar surface area (TPSA) is 90.2 Å². The minimum atomic E-state index is -0.552. The zero-order chi connectivity index (χ0) is 23.4. The molecule has 33 heavy (non-hydrogen) atoms. The van der Waals surface area contributed by atoms with E-state index in [2.05, 4.69) is 10.2 Å². The first-order valence-electron chi connectivity index (χ1n) is 11.0. The van der Waals surface area contributed by atoms with Crippen molar-refractivity contribution in [2.45, 2.75) is 32.4 Å². The molecule has 1 N–H and O–H groups in total. The van der Waals surface area contributed by atoms with Gasteiger partial charge in [-0.15, -0.1) is 0 Å². The van der Waals surface area contributed by atoms with E-state index in [1.807, 2.05) is 24.3 Å². The summed E-state index contributed by atoms with van der Waals surface area (Å²) < 4.78 is 21.3. The SMILES string of the molecule is CCOC(=O)Nc1ccc2c(CN3CCCC3c3ccc(OC)cc3OC)cc(=O)oc2c1. The van der Waals surface area contributed by atoms with Crippen LogP contribution in [0.3, 0.4) is 0 Å². The van der Waals surface area contributed by atoms with Crippen LogP contribution in [0.25, 0.3) is 11.0 Å². The van der Waals surface area contributed by atoms with Gasteiger partial charge in [-0.05, 0) is 50.1 Å². The van der Waals surface area contributed by atoms with E-state index in [0.717, 1.165) is 47.4 Å². The molecule has 1 unspecified atom stereocenters. The standard InChI is InChI=1S/C25H28N2O6/c1-4-32-25(29)26-17-7-9-19-16(12-24(28)33-23(19)13-17)15-27-11-5-6-21(27)20-10-8-18(30-2)14-22(20)31-3/h7-10,12-14,21H,4-6,11,15H2,1-3H3,(H,26,29). The van der Waals surface area contributed by atoms with Gasteiger partial charge in [0.1, 0.15) is 17.1 Å². The lowest BCUT2D eigenvalue weighted by Crippen LogP contribution is -2.24. The fraction of sp³-hybridized carbons (Fsp3) is 0.360. The molecule has 8 nitrogen and oxygen atoms in total. The van der Waals surface area contributed by atoms with Crippen LogP contribution in [0.2, 0.25) is 0 Å². The molecular weight excluding hydrogens is 424 g/mol. The van der Waals surface area contributed by atoms with Crippen molar-refractivity contribution >= 4 is 22.7 Å². The summed E-state index contributed by atoms with van der Waals surface area (Å²) in [4.78, 5) is 26.4. The van der Waals surface area contributed by atoms with Crippen molar-refractivity contribution in [3.63, 3.8) is 0 Å². The fourth-order valence-corrected chi connectivity index (χ4v) is 4.40. The van der Waals surface area contributed by atoms with Gasteiger partial charge in [-0.1, -0.05) is 6.07 Å². The van der Waals surface area contributed by atoms with Crippen LogP contribution < -0.4 is 20.4 Å². The first-order valence-corrected chi connectivity index (χ1v) is 11.0. The zero-order valence-electron chi connectivity index (χ0n) is 19.1. The highest BCUT2D eigenvalue weighted by molar-refractivity contribution is 5.90. The highest BCUT2D eigenvalue weighted by Gasteiger charge is 2.29. The van der Waals surface area contributed by atoms with Crippen LogP contribution in [0.15, 0.2) is 51.7 Å². The Morgan fingerprint density at radius 2 is 2.00 bits per heavy atom. The lowest BCUT2D eigenvalue weighted by molar-refractivity contribution is 0.168. The van der Waals surface area contributed by atoms with Crippen LogP contribution in [0.5, 0.6) is 11.5 Å². The zero-order valence-corrected chi connectivity index (χ0v) is 19.1. The van der Waals surface area contributed by atoms with E-state index in [1.54, 1.807) is 39.3 Å². The molecule has 0 aliphatic carbocycles. The number of fused-ring (bicyclic) bond motifs is 1. The number of hydrogen-bond donors (Lipinski definition) is 1. The average Bonchev–Trinajstić information content (AvgIpc) is 3.26. The highest BCUT2D eigenvalue weighted by Crippen LogP contribution is 2.39. The Bertz CT molecular complexity index is 1210. The van der Waals surface area contributed by atoms with Gasteiger partial charge in [-0.25, -0.2) is 9.59 Å². The number of hydrogen-bond acceptors (Lipinski definition) is 7. The average molecular weight is 453 g/mol. The summed E-state index contributed by atoms with van der Waals surface area (Å²) in [5, 5.41) is 3.47. The summed E-state index contributed by atoms with van der Waals surface area (Å²) in [5.74, 6) is 1.54. The van der Waals surface area contributed by atoms with Gasteiger partial charge in [0.2, 0.25) is 0 Å². The summed E-state index contributed by atoms with van der Waals surface area (Å²) in [6.07, 6.45) is 1.49. The molecule has 174 valence electrons. The number of amides is 1. The maximum Gasteiger partial charge on any atom is 0.411 e. The number of nitrogens with zero attached hydrogens (tertiary/aromatic N) is 1. The Kier molecular flexibility index (Phi) is 6.84. The predicted molar refractivity (Wildman–Crippen MR) is 125 cm³/mol. The van der Waals surface area contributed by atoms with Crippen molar-refractivity contribution < 1.29 is 23.4 Å². The quantitative estimate of drug-likeness (QED) is 0.519. The van der Waals surface area contributed by atoms with E-state index in [0.29, 0.717) is 17.8 Å². The summed E-state index contributed by atoms with van der Waals surface area (Å²) >= 11 is 0. The summed E-state index contributed by atoms with van der Waals surface area (Å²) in [6.45, 7) is 3.50. The Hall–Kier alpha value is -3.52. The Morgan fingerprint density at radius 3 is 2.76 bits per heavy atom. The number of benzene rings is 2. The third-order valence-electron chi connectivity index (χ3n) is 5.89. The number of carbonyl (C=O) groups is 1. The van der Waals surface area contributed by atoms with E-state index in [-0.39, 0.29) is 12.6 Å². The molecule has 1 atom stereocenters. The van der Waals surface area contributed by atoms with Gasteiger partial charge in [0.05, 0.1) is 20.8 Å². The third-order valence-corrected chi connectivity index (χ3v) is 5.89. The molecule has 2 heterocycles. The number of carbonyl (C=O) groups excluding carboxylic acids is 1. The van der Waals surface area contributed by atoms with Gasteiger partial charge in [-0.2, -0.15) is 0 Å². The number of anilines is 1. The first-order chi connectivity index (χ1) is 16.0. The Labute approximate surface area is 192 Å². The fourth-order valence-electron chi connectivity index (χ4n) is 4.40. The number of nitrogens with one attached hydrogen (secondary N) is 1. The predicted octanol–water partition coefficient (Wildman–Crippen LogP) is 4.72. The molecule has 1 aromatic heterocycles. The number of rotatable bonds is 7. The molecule has 0 saturated carbocycles. The van der Waals surface area contributed by atoms with Crippen molar-refractivity contribution in [1.82, 2.24) is 4.90 Å². The summed E-state index contributed by atoms with van der Waals surface area (Å²) in [5.41, 5.74) is 2.48. The second kappa shape index (κ2) is 9.95. The lowest BCUT2D eigenvalue weighted by atomic mass is 10.0. The smallest absolute Gasteiger partial charge is 0.411 e. The van der Waals surface area contributed by atoms with E-state index in [1.165, 1.54) is 0 Å². The molecule has 2 aromatic carbocycles. The normalized spacial score (nSPS) is 16.0. The van der Waals surface area contributed by atoms with Gasteiger partial charge < -0.3 is 18.6 Å². The van der Waals surface area contributed by atoms with E-state index < -0.39 is 11.7 Å². The molecule has 1 saturated heterocycles. The van der Waals surface area contributed by atoms with Crippen molar-refractivity contribution in [1.29, 1.82) is 0 Å². The largest absolute Gasteiger partial charge is 0.497 e. The number of ether oxygens (including phenoxy) is 3. The van der Waals surface area contributed by atoms with Crippen molar-refractivity contribution in [3.8, 4) is 11.5 Å². The molecule has 1 aliphatic rings. The van der Waals surface area contributed by atoms with E-state index >= 15 is 0 Å². The molecule has 0 radical (unpaired) electrons. The van der Waals surface area contributed by atoms with E-state index in [4.69, 9.17) is 18.6 Å².